The highest BCUT2D eigenvalue weighted by molar-refractivity contribution is 6.30. The molecule has 2 heterocycles. The van der Waals surface area contributed by atoms with Crippen molar-refractivity contribution in [1.82, 2.24) is 9.78 Å². The Bertz CT molecular complexity index is 1270. The van der Waals surface area contributed by atoms with Crippen molar-refractivity contribution in [3.8, 4) is 34.2 Å². The van der Waals surface area contributed by atoms with E-state index in [1.54, 1.807) is 54.6 Å². The van der Waals surface area contributed by atoms with Gasteiger partial charge >= 0.3 is 6.18 Å². The Morgan fingerprint density at radius 3 is 2.48 bits per heavy atom. The van der Waals surface area contributed by atoms with Crippen LogP contribution in [0, 0.1) is 0 Å². The normalized spacial score (nSPS) is 12.3. The Balaban J connectivity index is 1.55. The van der Waals surface area contributed by atoms with Crippen LogP contribution < -0.4 is 9.47 Å². The lowest BCUT2D eigenvalue weighted by atomic mass is 10.1. The fourth-order valence-corrected chi connectivity index (χ4v) is 3.49. The van der Waals surface area contributed by atoms with E-state index in [1.165, 1.54) is 4.68 Å². The van der Waals surface area contributed by atoms with Gasteiger partial charge in [0.15, 0.2) is 11.4 Å². The molecular formula is C23H14ClF3N2O2. The standard InChI is InChI=1S/C23H14ClF3N2O2/c24-15-7-5-14(6-8-15)13-30-16-9-10-17-19-12-22(23(25,26)27)28-29(19)18-3-1-2-4-20(18)31-21(17)11-16/h1-12H,13H2. The summed E-state index contributed by atoms with van der Waals surface area (Å²) in [6.07, 6.45) is -4.56. The van der Waals surface area contributed by atoms with Crippen LogP contribution in [0.25, 0.3) is 16.9 Å². The first-order chi connectivity index (χ1) is 14.9. The highest BCUT2D eigenvalue weighted by Crippen LogP contribution is 2.44. The molecule has 0 N–H and O–H groups in total. The third-order valence-electron chi connectivity index (χ3n) is 4.86. The monoisotopic (exact) mass is 442 g/mol. The fraction of sp³-hybridized carbons (Fsp3) is 0.0870. The van der Waals surface area contributed by atoms with Crippen LogP contribution in [0.3, 0.4) is 0 Å². The van der Waals surface area contributed by atoms with Crippen molar-refractivity contribution in [3.63, 3.8) is 0 Å². The van der Waals surface area contributed by atoms with Crippen LogP contribution in [0.2, 0.25) is 5.02 Å². The smallest absolute Gasteiger partial charge is 0.435 e. The van der Waals surface area contributed by atoms with E-state index in [1.807, 2.05) is 12.1 Å². The minimum atomic E-state index is -4.56. The van der Waals surface area contributed by atoms with Gasteiger partial charge in [-0.1, -0.05) is 35.9 Å². The van der Waals surface area contributed by atoms with E-state index in [-0.39, 0.29) is 5.69 Å². The van der Waals surface area contributed by atoms with Crippen molar-refractivity contribution in [2.45, 2.75) is 12.8 Å². The summed E-state index contributed by atoms with van der Waals surface area (Å²) in [4.78, 5) is 0. The van der Waals surface area contributed by atoms with Gasteiger partial charge in [0.25, 0.3) is 0 Å². The Morgan fingerprint density at radius 2 is 1.71 bits per heavy atom. The summed E-state index contributed by atoms with van der Waals surface area (Å²) in [5.41, 5.74) is 1.16. The number of fused-ring (bicyclic) bond motifs is 5. The van der Waals surface area contributed by atoms with E-state index in [0.29, 0.717) is 40.1 Å². The molecule has 4 nitrogen and oxygen atoms in total. The summed E-state index contributed by atoms with van der Waals surface area (Å²) in [7, 11) is 0. The van der Waals surface area contributed by atoms with Crippen LogP contribution in [0.15, 0.2) is 72.8 Å². The molecule has 0 atom stereocenters. The second-order valence-corrected chi connectivity index (χ2v) is 7.40. The Kier molecular flexibility index (Phi) is 4.63. The Hall–Kier alpha value is -3.45. The molecule has 1 aliphatic heterocycles. The van der Waals surface area contributed by atoms with E-state index in [9.17, 15) is 13.2 Å². The molecule has 31 heavy (non-hydrogen) atoms. The molecule has 0 saturated carbocycles. The first kappa shape index (κ1) is 19.5. The predicted octanol–water partition coefficient (Wildman–Crippen LogP) is 6.90. The summed E-state index contributed by atoms with van der Waals surface area (Å²) < 4.78 is 53.2. The average molecular weight is 443 g/mol. The molecule has 0 spiro atoms. The van der Waals surface area contributed by atoms with Gasteiger partial charge in [0, 0.05) is 16.7 Å². The largest absolute Gasteiger partial charge is 0.489 e. The van der Waals surface area contributed by atoms with Crippen LogP contribution in [-0.2, 0) is 12.8 Å². The molecule has 0 aliphatic carbocycles. The van der Waals surface area contributed by atoms with Gasteiger partial charge in [0.2, 0.25) is 0 Å². The van der Waals surface area contributed by atoms with Crippen molar-refractivity contribution in [1.29, 1.82) is 0 Å². The van der Waals surface area contributed by atoms with Crippen molar-refractivity contribution in [2.75, 3.05) is 0 Å². The predicted molar refractivity (Wildman–Crippen MR) is 110 cm³/mol. The molecule has 0 unspecified atom stereocenters. The lowest BCUT2D eigenvalue weighted by molar-refractivity contribution is -0.141. The summed E-state index contributed by atoms with van der Waals surface area (Å²) in [6.45, 7) is 0.308. The van der Waals surface area contributed by atoms with Gasteiger partial charge in [-0.15, -0.1) is 0 Å². The number of hydrogen-bond donors (Lipinski definition) is 0. The molecule has 3 aromatic carbocycles. The number of halogens is 4. The first-order valence-corrected chi connectivity index (χ1v) is 9.72. The molecule has 4 aromatic rings. The lowest BCUT2D eigenvalue weighted by Crippen LogP contribution is -2.07. The van der Waals surface area contributed by atoms with Crippen molar-refractivity contribution >= 4 is 11.6 Å². The second-order valence-electron chi connectivity index (χ2n) is 6.97. The van der Waals surface area contributed by atoms with Gasteiger partial charge in [-0.2, -0.15) is 18.3 Å². The lowest BCUT2D eigenvalue weighted by Gasteiger charge is -2.12. The maximum Gasteiger partial charge on any atom is 0.435 e. The highest BCUT2D eigenvalue weighted by Gasteiger charge is 2.36. The zero-order valence-electron chi connectivity index (χ0n) is 15.9. The van der Waals surface area contributed by atoms with E-state index < -0.39 is 11.9 Å². The number of aromatic nitrogens is 2. The van der Waals surface area contributed by atoms with Crippen LogP contribution >= 0.6 is 11.6 Å². The molecule has 0 amide bonds. The molecular weight excluding hydrogens is 429 g/mol. The van der Waals surface area contributed by atoms with E-state index >= 15 is 0 Å². The van der Waals surface area contributed by atoms with Gasteiger partial charge < -0.3 is 9.47 Å². The molecule has 1 aliphatic rings. The topological polar surface area (TPSA) is 36.3 Å². The number of nitrogens with zero attached hydrogens (tertiary/aromatic N) is 2. The van der Waals surface area contributed by atoms with Crippen LogP contribution in [0.4, 0.5) is 13.2 Å². The third kappa shape index (κ3) is 3.72. The Labute approximate surface area is 180 Å². The van der Waals surface area contributed by atoms with Crippen LogP contribution in [0.1, 0.15) is 11.3 Å². The van der Waals surface area contributed by atoms with Gasteiger partial charge in [0.1, 0.15) is 23.8 Å². The number of benzene rings is 3. The molecule has 1 aromatic heterocycles. The first-order valence-electron chi connectivity index (χ1n) is 9.35. The van der Waals surface area contributed by atoms with Crippen molar-refractivity contribution < 1.29 is 22.6 Å². The van der Waals surface area contributed by atoms with Crippen molar-refractivity contribution in [2.24, 2.45) is 0 Å². The zero-order valence-corrected chi connectivity index (χ0v) is 16.6. The molecule has 5 rings (SSSR count). The third-order valence-corrected chi connectivity index (χ3v) is 5.11. The molecule has 0 fully saturated rings. The van der Waals surface area contributed by atoms with E-state index in [2.05, 4.69) is 5.10 Å². The molecule has 8 heteroatoms. The number of hydrogen-bond acceptors (Lipinski definition) is 3. The maximum atomic E-state index is 13.3. The zero-order chi connectivity index (χ0) is 21.6. The van der Waals surface area contributed by atoms with E-state index in [4.69, 9.17) is 21.1 Å². The minimum absolute atomic E-state index is 0.288. The number of rotatable bonds is 3. The molecule has 156 valence electrons. The summed E-state index contributed by atoms with van der Waals surface area (Å²) in [5.74, 6) is 1.30. The fourth-order valence-electron chi connectivity index (χ4n) is 3.37. The second kappa shape index (κ2) is 7.35. The van der Waals surface area contributed by atoms with Gasteiger partial charge in [-0.05, 0) is 48.0 Å². The highest BCUT2D eigenvalue weighted by atomic mass is 35.5. The Morgan fingerprint density at radius 1 is 0.935 bits per heavy atom. The molecule has 0 radical (unpaired) electrons. The van der Waals surface area contributed by atoms with E-state index in [0.717, 1.165) is 11.6 Å². The number of alkyl halides is 3. The van der Waals surface area contributed by atoms with Gasteiger partial charge in [-0.3, -0.25) is 0 Å². The van der Waals surface area contributed by atoms with Gasteiger partial charge in [-0.25, -0.2) is 4.68 Å². The quantitative estimate of drug-likeness (QED) is 0.305. The molecule has 0 bridgehead atoms. The SMILES string of the molecule is FC(F)(F)c1cc2n(n1)-c1ccccc1Oc1cc(OCc3ccc(Cl)cc3)ccc1-2. The molecule has 0 saturated heterocycles. The van der Waals surface area contributed by atoms with Crippen LogP contribution in [-0.4, -0.2) is 9.78 Å². The summed E-state index contributed by atoms with van der Waals surface area (Å²) in [6, 6.07) is 20.1. The summed E-state index contributed by atoms with van der Waals surface area (Å²) in [5, 5.41) is 4.43. The number of ether oxygens (including phenoxy) is 2. The number of para-hydroxylation sites is 2. The van der Waals surface area contributed by atoms with Gasteiger partial charge in [0.05, 0.1) is 5.69 Å². The van der Waals surface area contributed by atoms with Crippen LogP contribution in [0.5, 0.6) is 17.2 Å². The summed E-state index contributed by atoms with van der Waals surface area (Å²) >= 11 is 5.90. The average Bonchev–Trinajstić information content (AvgIpc) is 3.15. The minimum Gasteiger partial charge on any atom is -0.489 e. The maximum absolute atomic E-state index is 13.3. The van der Waals surface area contributed by atoms with Crippen molar-refractivity contribution in [3.05, 3.63) is 89.1 Å².